The standard InChI is InChI=1S/C16H19ClN6.2C2HF3O2/c1-21-5-11-4-12(17)2-3-13(11)23-14(6-21)19-20-15(23)22-9-16(10-22)7-18-8-16;2*3-2(4,5)1(6)7/h2-4,18H,5-10H2,1H3;2*(H,6,7). The minimum Gasteiger partial charge on any atom is -0.475 e. The maximum Gasteiger partial charge on any atom is 0.490 e. The molecule has 1 spiro atoms. The number of benzene rings is 1. The van der Waals surface area contributed by atoms with E-state index in [1.807, 2.05) is 6.07 Å². The average Bonchev–Trinajstić information content (AvgIpc) is 3.02. The number of halogens is 7. The minimum absolute atomic E-state index is 0.469. The van der Waals surface area contributed by atoms with Gasteiger partial charge in [0.25, 0.3) is 0 Å². The van der Waals surface area contributed by atoms with E-state index in [0.29, 0.717) is 5.41 Å². The summed E-state index contributed by atoms with van der Waals surface area (Å²) >= 11 is 6.21. The third kappa shape index (κ3) is 6.61. The number of carboxylic acids is 2. The highest BCUT2D eigenvalue weighted by Gasteiger charge is 2.49. The highest BCUT2D eigenvalue weighted by molar-refractivity contribution is 6.30. The van der Waals surface area contributed by atoms with Crippen LogP contribution in [0.4, 0.5) is 32.3 Å². The number of nitrogens with zero attached hydrogens (tertiary/aromatic N) is 5. The van der Waals surface area contributed by atoms with E-state index in [2.05, 4.69) is 49.1 Å². The normalized spacial score (nSPS) is 18.0. The number of aromatic nitrogens is 3. The first kappa shape index (κ1) is 28.5. The summed E-state index contributed by atoms with van der Waals surface area (Å²) in [5.41, 5.74) is 2.85. The second-order valence-corrected chi connectivity index (χ2v) is 9.20. The first-order valence-corrected chi connectivity index (χ1v) is 10.9. The third-order valence-electron chi connectivity index (χ3n) is 5.67. The monoisotopic (exact) mass is 558 g/mol. The van der Waals surface area contributed by atoms with Gasteiger partial charge in [0.2, 0.25) is 5.95 Å². The fraction of sp³-hybridized carbons (Fsp3) is 0.500. The molecule has 0 unspecified atom stereocenters. The Morgan fingerprint density at radius 3 is 2.00 bits per heavy atom. The van der Waals surface area contributed by atoms with Gasteiger partial charge in [0.15, 0.2) is 5.82 Å². The van der Waals surface area contributed by atoms with Gasteiger partial charge in [-0.1, -0.05) is 11.6 Å². The highest BCUT2D eigenvalue weighted by Crippen LogP contribution is 2.39. The molecule has 204 valence electrons. The number of rotatable bonds is 1. The molecule has 5 rings (SSSR count). The Morgan fingerprint density at radius 2 is 1.54 bits per heavy atom. The number of fused-ring (bicyclic) bond motifs is 3. The zero-order chi connectivity index (χ0) is 27.8. The molecule has 2 saturated heterocycles. The summed E-state index contributed by atoms with van der Waals surface area (Å²) in [4.78, 5) is 22.4. The van der Waals surface area contributed by atoms with Gasteiger partial charge in [-0.25, -0.2) is 9.59 Å². The second kappa shape index (κ2) is 10.3. The molecule has 3 aliphatic heterocycles. The van der Waals surface area contributed by atoms with Crippen LogP contribution in [0.25, 0.3) is 5.69 Å². The van der Waals surface area contributed by atoms with Crippen molar-refractivity contribution < 1.29 is 46.1 Å². The van der Waals surface area contributed by atoms with Crippen LogP contribution in [0.15, 0.2) is 18.2 Å². The van der Waals surface area contributed by atoms with Crippen LogP contribution in [0.5, 0.6) is 0 Å². The van der Waals surface area contributed by atoms with E-state index in [1.165, 1.54) is 5.56 Å². The van der Waals surface area contributed by atoms with E-state index < -0.39 is 24.3 Å². The molecule has 2 aromatic rings. The molecule has 3 N–H and O–H groups in total. The van der Waals surface area contributed by atoms with E-state index in [0.717, 1.165) is 61.8 Å². The van der Waals surface area contributed by atoms with Crippen LogP contribution in [0.2, 0.25) is 5.02 Å². The van der Waals surface area contributed by atoms with Crippen molar-refractivity contribution in [2.24, 2.45) is 5.41 Å². The minimum atomic E-state index is -5.08. The number of alkyl halides is 6. The molecule has 37 heavy (non-hydrogen) atoms. The summed E-state index contributed by atoms with van der Waals surface area (Å²) in [7, 11) is 2.10. The van der Waals surface area contributed by atoms with Crippen molar-refractivity contribution in [1.82, 2.24) is 25.0 Å². The van der Waals surface area contributed by atoms with Crippen LogP contribution in [0.1, 0.15) is 11.4 Å². The molecular formula is C20H21ClF6N6O4. The first-order valence-electron chi connectivity index (χ1n) is 10.5. The average molecular weight is 559 g/mol. The summed E-state index contributed by atoms with van der Waals surface area (Å²) < 4.78 is 65.7. The molecule has 0 atom stereocenters. The first-order chi connectivity index (χ1) is 17.0. The zero-order valence-electron chi connectivity index (χ0n) is 19.1. The summed E-state index contributed by atoms with van der Waals surface area (Å²) in [6.07, 6.45) is -10.2. The maximum absolute atomic E-state index is 10.6. The van der Waals surface area contributed by atoms with E-state index in [4.69, 9.17) is 31.4 Å². The number of hydrogen-bond acceptors (Lipinski definition) is 7. The quantitative estimate of drug-likeness (QED) is 0.453. The van der Waals surface area contributed by atoms with Crippen molar-refractivity contribution >= 4 is 29.5 Å². The fourth-order valence-corrected chi connectivity index (χ4v) is 4.15. The molecule has 10 nitrogen and oxygen atoms in total. The smallest absolute Gasteiger partial charge is 0.475 e. The van der Waals surface area contributed by atoms with Crippen molar-refractivity contribution in [2.45, 2.75) is 25.4 Å². The Balaban J connectivity index is 0.000000227. The second-order valence-electron chi connectivity index (χ2n) is 8.76. The van der Waals surface area contributed by atoms with Gasteiger partial charge in [0.1, 0.15) is 0 Å². The summed E-state index contributed by atoms with van der Waals surface area (Å²) in [6, 6.07) is 6.10. The molecule has 17 heteroatoms. The van der Waals surface area contributed by atoms with Crippen LogP contribution in [-0.2, 0) is 22.7 Å². The van der Waals surface area contributed by atoms with Crippen LogP contribution in [0.3, 0.4) is 0 Å². The Hall–Kier alpha value is -3.11. The Bertz CT molecular complexity index is 1140. The van der Waals surface area contributed by atoms with Crippen LogP contribution in [0, 0.1) is 5.41 Å². The van der Waals surface area contributed by atoms with Gasteiger partial charge in [0.05, 0.1) is 12.2 Å². The van der Waals surface area contributed by atoms with Gasteiger partial charge in [-0.05, 0) is 30.8 Å². The number of carboxylic acid groups (broad SMARTS) is 2. The molecule has 4 heterocycles. The number of carbonyl (C=O) groups is 2. The van der Waals surface area contributed by atoms with Crippen molar-refractivity contribution in [3.05, 3.63) is 34.6 Å². The Labute approximate surface area is 210 Å². The lowest BCUT2D eigenvalue weighted by Crippen LogP contribution is -2.71. The van der Waals surface area contributed by atoms with Crippen LogP contribution >= 0.6 is 11.6 Å². The fourth-order valence-electron chi connectivity index (χ4n) is 3.96. The van der Waals surface area contributed by atoms with E-state index in [1.54, 1.807) is 0 Å². The number of hydrogen-bond donors (Lipinski definition) is 3. The van der Waals surface area contributed by atoms with E-state index >= 15 is 0 Å². The van der Waals surface area contributed by atoms with E-state index in [9.17, 15) is 26.3 Å². The SMILES string of the molecule is CN1Cc2cc(Cl)ccc2-n2c(nnc2N2CC3(CNC3)C2)C1.O=C(O)C(F)(F)F.O=C(O)C(F)(F)F. The van der Waals surface area contributed by atoms with Gasteiger partial charge in [0, 0.05) is 43.2 Å². The maximum atomic E-state index is 10.6. The molecule has 1 aromatic heterocycles. The predicted octanol–water partition coefficient (Wildman–Crippen LogP) is 2.54. The topological polar surface area (TPSA) is 124 Å². The molecule has 2 fully saturated rings. The van der Waals surface area contributed by atoms with Gasteiger partial charge in [-0.3, -0.25) is 9.47 Å². The van der Waals surface area contributed by atoms with Gasteiger partial charge in [-0.2, -0.15) is 26.3 Å². The highest BCUT2D eigenvalue weighted by atomic mass is 35.5. The van der Waals surface area contributed by atoms with Crippen molar-refractivity contribution in [3.63, 3.8) is 0 Å². The third-order valence-corrected chi connectivity index (χ3v) is 5.90. The zero-order valence-corrected chi connectivity index (χ0v) is 19.8. The molecule has 0 aliphatic carbocycles. The molecule has 0 bridgehead atoms. The number of nitrogens with one attached hydrogen (secondary N) is 1. The molecule has 1 aromatic carbocycles. The molecule has 0 saturated carbocycles. The van der Waals surface area contributed by atoms with Crippen LogP contribution in [-0.4, -0.2) is 87.4 Å². The molecule has 0 radical (unpaired) electrons. The molecule has 0 amide bonds. The lowest BCUT2D eigenvalue weighted by atomic mass is 9.75. The van der Waals surface area contributed by atoms with E-state index in [-0.39, 0.29) is 0 Å². The van der Waals surface area contributed by atoms with Crippen molar-refractivity contribution in [2.75, 3.05) is 38.1 Å². The predicted molar refractivity (Wildman–Crippen MR) is 116 cm³/mol. The lowest BCUT2D eigenvalue weighted by molar-refractivity contribution is -0.193. The lowest BCUT2D eigenvalue weighted by Gasteiger charge is -2.56. The summed E-state index contributed by atoms with van der Waals surface area (Å²) in [5.74, 6) is -3.55. The Kier molecular flexibility index (Phi) is 7.95. The van der Waals surface area contributed by atoms with Crippen molar-refractivity contribution in [3.8, 4) is 5.69 Å². The number of anilines is 1. The van der Waals surface area contributed by atoms with Gasteiger partial charge >= 0.3 is 24.3 Å². The largest absolute Gasteiger partial charge is 0.490 e. The Morgan fingerprint density at radius 1 is 1.00 bits per heavy atom. The molecule has 3 aliphatic rings. The van der Waals surface area contributed by atoms with Gasteiger partial charge in [-0.15, -0.1) is 10.2 Å². The van der Waals surface area contributed by atoms with Crippen LogP contribution < -0.4 is 10.2 Å². The molecular weight excluding hydrogens is 538 g/mol. The summed E-state index contributed by atoms with van der Waals surface area (Å²) in [5, 5.41) is 27.4. The summed E-state index contributed by atoms with van der Waals surface area (Å²) in [6.45, 7) is 6.04. The number of aliphatic carboxylic acids is 2. The van der Waals surface area contributed by atoms with Gasteiger partial charge < -0.3 is 20.4 Å². The van der Waals surface area contributed by atoms with Crippen molar-refractivity contribution in [1.29, 1.82) is 0 Å².